The van der Waals surface area contributed by atoms with Crippen LogP contribution in [0.1, 0.15) is 30.1 Å². The summed E-state index contributed by atoms with van der Waals surface area (Å²) in [7, 11) is 1.81. The number of halogens is 1. The highest BCUT2D eigenvalue weighted by Gasteiger charge is 2.32. The lowest BCUT2D eigenvalue weighted by molar-refractivity contribution is 0.0727. The molecule has 0 heterocycles. The zero-order valence-electron chi connectivity index (χ0n) is 9.98. The predicted molar refractivity (Wildman–Crippen MR) is 67.4 cm³/mol. The van der Waals surface area contributed by atoms with Gasteiger partial charge in [0.1, 0.15) is 5.75 Å². The van der Waals surface area contributed by atoms with Gasteiger partial charge in [-0.15, -0.1) is 0 Å². The fourth-order valence-corrected chi connectivity index (χ4v) is 2.10. The Balaban J connectivity index is 2.15. The van der Waals surface area contributed by atoms with Crippen molar-refractivity contribution in [2.75, 3.05) is 7.05 Å². The molecule has 1 aromatic carbocycles. The van der Waals surface area contributed by atoms with E-state index in [1.54, 1.807) is 11.0 Å². The highest BCUT2D eigenvalue weighted by Crippen LogP contribution is 2.35. The molecule has 1 aliphatic carbocycles. The molecule has 1 N–H and O–H groups in total. The molecule has 4 heteroatoms. The first-order valence-corrected chi connectivity index (χ1v) is 6.14. The molecule has 1 aliphatic rings. The molecular formula is C13H16ClNO2. The molecule has 92 valence electrons. The van der Waals surface area contributed by atoms with E-state index in [4.69, 9.17) is 11.6 Å². The standard InChI is InChI=1S/C13H16ClNO2/c1-8(9-3-4-9)15(2)13(17)10-5-6-12(16)11(14)7-10/h5-9,16H,3-4H2,1-2H3. The topological polar surface area (TPSA) is 40.5 Å². The number of phenolic OH excluding ortho intramolecular Hbond substituents is 1. The monoisotopic (exact) mass is 253 g/mol. The third kappa shape index (κ3) is 2.55. The molecule has 0 spiro atoms. The second-order valence-electron chi connectivity index (χ2n) is 4.66. The summed E-state index contributed by atoms with van der Waals surface area (Å²) in [5.74, 6) is 0.587. The number of carbonyl (C=O) groups is 1. The first kappa shape index (κ1) is 12.2. The van der Waals surface area contributed by atoms with E-state index in [9.17, 15) is 9.90 Å². The molecular weight excluding hydrogens is 238 g/mol. The van der Waals surface area contributed by atoms with Crippen LogP contribution >= 0.6 is 11.6 Å². The predicted octanol–water partition coefficient (Wildman–Crippen LogP) is 2.92. The molecule has 17 heavy (non-hydrogen) atoms. The molecule has 2 rings (SSSR count). The maximum absolute atomic E-state index is 12.2. The van der Waals surface area contributed by atoms with Crippen molar-refractivity contribution in [1.82, 2.24) is 4.90 Å². The number of carbonyl (C=O) groups excluding carboxylic acids is 1. The molecule has 3 nitrogen and oxygen atoms in total. The number of benzene rings is 1. The largest absolute Gasteiger partial charge is 0.506 e. The number of amides is 1. The highest BCUT2D eigenvalue weighted by molar-refractivity contribution is 6.32. The molecule has 0 bridgehead atoms. The van der Waals surface area contributed by atoms with Crippen LogP contribution in [-0.4, -0.2) is 29.0 Å². The Morgan fingerprint density at radius 3 is 2.71 bits per heavy atom. The van der Waals surface area contributed by atoms with Gasteiger partial charge in [-0.25, -0.2) is 0 Å². The van der Waals surface area contributed by atoms with E-state index in [1.165, 1.54) is 25.0 Å². The van der Waals surface area contributed by atoms with Gasteiger partial charge >= 0.3 is 0 Å². The van der Waals surface area contributed by atoms with Crippen LogP contribution < -0.4 is 0 Å². The van der Waals surface area contributed by atoms with Crippen molar-refractivity contribution in [1.29, 1.82) is 0 Å². The maximum atomic E-state index is 12.2. The lowest BCUT2D eigenvalue weighted by atomic mass is 10.1. The average Bonchev–Trinajstić information content (AvgIpc) is 3.14. The molecule has 1 aromatic rings. The first-order chi connectivity index (χ1) is 8.00. The minimum atomic E-state index is -0.0497. The molecule has 0 saturated heterocycles. The smallest absolute Gasteiger partial charge is 0.253 e. The summed E-state index contributed by atoms with van der Waals surface area (Å²) in [6, 6.07) is 4.82. The van der Waals surface area contributed by atoms with Gasteiger partial charge in [0.15, 0.2) is 0 Å². The third-order valence-corrected chi connectivity index (χ3v) is 3.73. The zero-order chi connectivity index (χ0) is 12.6. The Labute approximate surface area is 106 Å². The van der Waals surface area contributed by atoms with Crippen molar-refractivity contribution in [3.8, 4) is 5.75 Å². The Kier molecular flexibility index (Phi) is 3.29. The minimum absolute atomic E-state index is 0.00103. The number of aromatic hydroxyl groups is 1. The Bertz CT molecular complexity index is 443. The van der Waals surface area contributed by atoms with Gasteiger partial charge in [-0.05, 0) is 43.9 Å². The van der Waals surface area contributed by atoms with Gasteiger partial charge in [0.2, 0.25) is 0 Å². The first-order valence-electron chi connectivity index (χ1n) is 5.76. The molecule has 1 amide bonds. The van der Waals surface area contributed by atoms with E-state index in [0.717, 1.165) is 0 Å². The summed E-state index contributed by atoms with van der Waals surface area (Å²) in [6.07, 6.45) is 2.41. The number of phenols is 1. The number of hydrogen-bond acceptors (Lipinski definition) is 2. The van der Waals surface area contributed by atoms with Gasteiger partial charge in [0, 0.05) is 18.7 Å². The molecule has 1 saturated carbocycles. The summed E-state index contributed by atoms with van der Waals surface area (Å²) in [5, 5.41) is 9.53. The van der Waals surface area contributed by atoms with Crippen LogP contribution in [0.3, 0.4) is 0 Å². The fourth-order valence-electron chi connectivity index (χ4n) is 1.92. The molecule has 0 aromatic heterocycles. The van der Waals surface area contributed by atoms with Crippen LogP contribution in [0.25, 0.3) is 0 Å². The third-order valence-electron chi connectivity index (χ3n) is 3.43. The second kappa shape index (κ2) is 4.57. The lowest BCUT2D eigenvalue weighted by Gasteiger charge is -2.25. The molecule has 1 unspecified atom stereocenters. The van der Waals surface area contributed by atoms with Crippen molar-refractivity contribution in [2.45, 2.75) is 25.8 Å². The van der Waals surface area contributed by atoms with Gasteiger partial charge in [-0.2, -0.15) is 0 Å². The summed E-state index contributed by atoms with van der Waals surface area (Å²) >= 11 is 5.80. The van der Waals surface area contributed by atoms with Gasteiger partial charge in [0.05, 0.1) is 5.02 Å². The lowest BCUT2D eigenvalue weighted by Crippen LogP contribution is -2.36. The van der Waals surface area contributed by atoms with Crippen LogP contribution in [0.5, 0.6) is 5.75 Å². The Hall–Kier alpha value is -1.22. The minimum Gasteiger partial charge on any atom is -0.506 e. The zero-order valence-corrected chi connectivity index (χ0v) is 10.7. The summed E-state index contributed by atoms with van der Waals surface area (Å²) < 4.78 is 0. The number of nitrogens with zero attached hydrogens (tertiary/aromatic N) is 1. The highest BCUT2D eigenvalue weighted by atomic mass is 35.5. The average molecular weight is 254 g/mol. The van der Waals surface area contributed by atoms with E-state index in [-0.39, 0.29) is 22.7 Å². The van der Waals surface area contributed by atoms with Crippen LogP contribution in [0.4, 0.5) is 0 Å². The van der Waals surface area contributed by atoms with E-state index >= 15 is 0 Å². The fraction of sp³-hybridized carbons (Fsp3) is 0.462. The number of rotatable bonds is 3. The van der Waals surface area contributed by atoms with Gasteiger partial charge in [0.25, 0.3) is 5.91 Å². The molecule has 1 atom stereocenters. The summed E-state index contributed by atoms with van der Waals surface area (Å²) in [4.78, 5) is 13.9. The van der Waals surface area contributed by atoms with E-state index in [0.29, 0.717) is 11.5 Å². The van der Waals surface area contributed by atoms with Crippen molar-refractivity contribution in [3.63, 3.8) is 0 Å². The molecule has 0 radical (unpaired) electrons. The van der Waals surface area contributed by atoms with Crippen molar-refractivity contribution < 1.29 is 9.90 Å². The maximum Gasteiger partial charge on any atom is 0.253 e. The quantitative estimate of drug-likeness (QED) is 0.900. The van der Waals surface area contributed by atoms with E-state index in [2.05, 4.69) is 6.92 Å². The normalized spacial score (nSPS) is 16.6. The second-order valence-corrected chi connectivity index (χ2v) is 5.07. The van der Waals surface area contributed by atoms with Crippen LogP contribution in [0.15, 0.2) is 18.2 Å². The Morgan fingerprint density at radius 2 is 2.18 bits per heavy atom. The van der Waals surface area contributed by atoms with Crippen molar-refractivity contribution >= 4 is 17.5 Å². The van der Waals surface area contributed by atoms with E-state index < -0.39 is 0 Å². The summed E-state index contributed by atoms with van der Waals surface area (Å²) in [6.45, 7) is 2.07. The number of hydrogen-bond donors (Lipinski definition) is 1. The van der Waals surface area contributed by atoms with Crippen molar-refractivity contribution in [3.05, 3.63) is 28.8 Å². The van der Waals surface area contributed by atoms with Crippen molar-refractivity contribution in [2.24, 2.45) is 5.92 Å². The Morgan fingerprint density at radius 1 is 1.53 bits per heavy atom. The van der Waals surface area contributed by atoms with Crippen LogP contribution in [-0.2, 0) is 0 Å². The van der Waals surface area contributed by atoms with Gasteiger partial charge < -0.3 is 10.0 Å². The summed E-state index contributed by atoms with van der Waals surface area (Å²) in [5.41, 5.74) is 0.516. The van der Waals surface area contributed by atoms with Crippen LogP contribution in [0.2, 0.25) is 5.02 Å². The van der Waals surface area contributed by atoms with Crippen LogP contribution in [0, 0.1) is 5.92 Å². The van der Waals surface area contributed by atoms with Gasteiger partial charge in [-0.3, -0.25) is 4.79 Å². The SMILES string of the molecule is CC(C1CC1)N(C)C(=O)c1ccc(O)c(Cl)c1. The molecule has 0 aliphatic heterocycles. The van der Waals surface area contributed by atoms with E-state index in [1.807, 2.05) is 7.05 Å². The molecule has 1 fully saturated rings. The van der Waals surface area contributed by atoms with Gasteiger partial charge in [-0.1, -0.05) is 11.6 Å².